The van der Waals surface area contributed by atoms with Crippen molar-refractivity contribution < 1.29 is 0 Å². The second-order valence-corrected chi connectivity index (χ2v) is 6.61. The third-order valence-electron chi connectivity index (χ3n) is 4.86. The molecule has 4 rings (SSSR count). The molecule has 0 amide bonds. The largest absolute Gasteiger partial charge is 0.363 e. The Kier molecular flexibility index (Phi) is 4.17. The molecule has 130 valence electrons. The molecule has 0 aliphatic carbocycles. The molecule has 0 saturated heterocycles. The lowest BCUT2D eigenvalue weighted by Crippen LogP contribution is -2.13. The van der Waals surface area contributed by atoms with Crippen LogP contribution in [0.3, 0.4) is 0 Å². The van der Waals surface area contributed by atoms with Gasteiger partial charge < -0.3 is 5.32 Å². The molecule has 0 aliphatic rings. The summed E-state index contributed by atoms with van der Waals surface area (Å²) in [6.07, 6.45) is 1.90. The number of aromatic nitrogens is 3. The third-order valence-corrected chi connectivity index (χ3v) is 4.86. The van der Waals surface area contributed by atoms with Crippen LogP contribution in [-0.2, 0) is 0 Å². The first kappa shape index (κ1) is 16.3. The van der Waals surface area contributed by atoms with Gasteiger partial charge in [0.15, 0.2) is 5.65 Å². The lowest BCUT2D eigenvalue weighted by molar-refractivity contribution is 0.831. The molecule has 26 heavy (non-hydrogen) atoms. The zero-order valence-corrected chi connectivity index (χ0v) is 15.3. The van der Waals surface area contributed by atoms with E-state index >= 15 is 0 Å². The second-order valence-electron chi connectivity index (χ2n) is 6.61. The van der Waals surface area contributed by atoms with Crippen molar-refractivity contribution in [1.29, 1.82) is 0 Å². The third kappa shape index (κ3) is 2.84. The zero-order valence-electron chi connectivity index (χ0n) is 15.3. The normalized spacial score (nSPS) is 12.3. The van der Waals surface area contributed by atoms with E-state index in [1.54, 1.807) is 0 Å². The van der Waals surface area contributed by atoms with Gasteiger partial charge in [-0.3, -0.25) is 0 Å². The van der Waals surface area contributed by atoms with Crippen LogP contribution in [0.15, 0.2) is 66.9 Å². The number of nitrogens with zero attached hydrogens (tertiary/aromatic N) is 3. The number of fused-ring (bicyclic) bond motifs is 1. The molecule has 0 unspecified atom stereocenters. The fourth-order valence-electron chi connectivity index (χ4n) is 3.21. The van der Waals surface area contributed by atoms with E-state index in [9.17, 15) is 0 Å². The highest BCUT2D eigenvalue weighted by atomic mass is 15.3. The minimum Gasteiger partial charge on any atom is -0.363 e. The highest BCUT2D eigenvalue weighted by Gasteiger charge is 2.17. The summed E-state index contributed by atoms with van der Waals surface area (Å²) >= 11 is 0. The predicted molar refractivity (Wildman–Crippen MR) is 106 cm³/mol. The number of hydrogen-bond acceptors (Lipinski definition) is 3. The summed E-state index contributed by atoms with van der Waals surface area (Å²) in [4.78, 5) is 4.81. The molecule has 2 heterocycles. The van der Waals surface area contributed by atoms with Crippen molar-refractivity contribution >= 4 is 11.5 Å². The molecule has 1 atom stereocenters. The minimum atomic E-state index is 0.171. The quantitative estimate of drug-likeness (QED) is 0.555. The lowest BCUT2D eigenvalue weighted by atomic mass is 10.1. The number of nitrogens with one attached hydrogen (secondary N) is 1. The summed E-state index contributed by atoms with van der Waals surface area (Å²) in [5, 5.41) is 8.27. The van der Waals surface area contributed by atoms with Crippen molar-refractivity contribution in [3.63, 3.8) is 0 Å². The molecule has 1 N–H and O–H groups in total. The molecule has 0 radical (unpaired) electrons. The average Bonchev–Trinajstić information content (AvgIpc) is 3.10. The van der Waals surface area contributed by atoms with Crippen molar-refractivity contribution in [3.05, 3.63) is 83.7 Å². The van der Waals surface area contributed by atoms with E-state index in [1.807, 2.05) is 35.0 Å². The lowest BCUT2D eigenvalue weighted by Gasteiger charge is -2.19. The topological polar surface area (TPSA) is 42.2 Å². The van der Waals surface area contributed by atoms with Gasteiger partial charge in [-0.1, -0.05) is 60.7 Å². The Morgan fingerprint density at radius 2 is 1.58 bits per heavy atom. The Labute approximate surface area is 153 Å². The fourth-order valence-corrected chi connectivity index (χ4v) is 3.21. The highest BCUT2D eigenvalue weighted by molar-refractivity contribution is 5.78. The Morgan fingerprint density at radius 3 is 2.27 bits per heavy atom. The summed E-state index contributed by atoms with van der Waals surface area (Å²) in [5.74, 6) is 0.992. The van der Waals surface area contributed by atoms with Crippen molar-refractivity contribution in [1.82, 2.24) is 14.6 Å². The van der Waals surface area contributed by atoms with Crippen LogP contribution in [0, 0.1) is 13.8 Å². The van der Waals surface area contributed by atoms with Crippen molar-refractivity contribution in [2.45, 2.75) is 26.8 Å². The van der Waals surface area contributed by atoms with Gasteiger partial charge in [-0.05, 0) is 31.9 Å². The van der Waals surface area contributed by atoms with Crippen molar-refractivity contribution in [2.75, 3.05) is 5.32 Å². The summed E-state index contributed by atoms with van der Waals surface area (Å²) in [6, 6.07) is 20.9. The van der Waals surface area contributed by atoms with E-state index in [2.05, 4.69) is 67.6 Å². The van der Waals surface area contributed by atoms with Gasteiger partial charge in [-0.15, -0.1) is 0 Å². The van der Waals surface area contributed by atoms with E-state index in [4.69, 9.17) is 4.98 Å². The summed E-state index contributed by atoms with van der Waals surface area (Å²) in [5.41, 5.74) is 6.41. The van der Waals surface area contributed by atoms with E-state index in [0.29, 0.717) is 0 Å². The molecule has 4 aromatic rings. The standard InChI is InChI=1S/C22H22N4/c1-15-16(2)24-22-20(19-12-8-5-9-13-19)14-23-26(22)21(15)25-17(3)18-10-6-4-7-11-18/h4-14,17,25H,1-3H3/t17-/m1/s1. The maximum absolute atomic E-state index is 4.81. The number of anilines is 1. The SMILES string of the molecule is Cc1nc2c(-c3ccccc3)cnn2c(N[C@H](C)c2ccccc2)c1C. The van der Waals surface area contributed by atoms with Crippen LogP contribution in [0.5, 0.6) is 0 Å². The molecule has 4 heteroatoms. The first-order valence-corrected chi connectivity index (χ1v) is 8.87. The smallest absolute Gasteiger partial charge is 0.165 e. The first-order valence-electron chi connectivity index (χ1n) is 8.87. The van der Waals surface area contributed by atoms with Crippen molar-refractivity contribution in [2.24, 2.45) is 0 Å². The van der Waals surface area contributed by atoms with Gasteiger partial charge in [-0.2, -0.15) is 9.61 Å². The number of rotatable bonds is 4. The maximum Gasteiger partial charge on any atom is 0.165 e. The van der Waals surface area contributed by atoms with Crippen LogP contribution < -0.4 is 5.32 Å². The summed E-state index contributed by atoms with van der Waals surface area (Å²) in [6.45, 7) is 6.30. The number of benzene rings is 2. The Morgan fingerprint density at radius 1 is 0.923 bits per heavy atom. The summed E-state index contributed by atoms with van der Waals surface area (Å²) < 4.78 is 1.92. The van der Waals surface area contributed by atoms with Gasteiger partial charge in [0.2, 0.25) is 0 Å². The second kappa shape index (κ2) is 6.64. The monoisotopic (exact) mass is 342 g/mol. The van der Waals surface area contributed by atoms with E-state index in [1.165, 1.54) is 5.56 Å². The molecular formula is C22H22N4. The Balaban J connectivity index is 1.82. The van der Waals surface area contributed by atoms with Gasteiger partial charge in [0.05, 0.1) is 6.20 Å². The van der Waals surface area contributed by atoms with E-state index in [0.717, 1.165) is 33.8 Å². The molecule has 2 aromatic carbocycles. The Bertz CT molecular complexity index is 1040. The van der Waals surface area contributed by atoms with Crippen LogP contribution in [0.2, 0.25) is 0 Å². The van der Waals surface area contributed by atoms with Crippen molar-refractivity contribution in [3.8, 4) is 11.1 Å². The molecule has 0 saturated carbocycles. The average molecular weight is 342 g/mol. The maximum atomic E-state index is 4.81. The van der Waals surface area contributed by atoms with E-state index < -0.39 is 0 Å². The molecule has 4 nitrogen and oxygen atoms in total. The van der Waals surface area contributed by atoms with Crippen LogP contribution in [0.25, 0.3) is 16.8 Å². The van der Waals surface area contributed by atoms with Gasteiger partial charge in [-0.25, -0.2) is 4.98 Å². The summed E-state index contributed by atoms with van der Waals surface area (Å²) in [7, 11) is 0. The minimum absolute atomic E-state index is 0.171. The molecule has 0 bridgehead atoms. The number of hydrogen-bond donors (Lipinski definition) is 1. The van der Waals surface area contributed by atoms with E-state index in [-0.39, 0.29) is 6.04 Å². The van der Waals surface area contributed by atoms with Crippen LogP contribution >= 0.6 is 0 Å². The van der Waals surface area contributed by atoms with Gasteiger partial charge >= 0.3 is 0 Å². The van der Waals surface area contributed by atoms with Gasteiger partial charge in [0.1, 0.15) is 5.82 Å². The van der Waals surface area contributed by atoms with Crippen LogP contribution in [-0.4, -0.2) is 14.6 Å². The molecule has 0 fully saturated rings. The molecule has 2 aromatic heterocycles. The molecular weight excluding hydrogens is 320 g/mol. The van der Waals surface area contributed by atoms with Crippen LogP contribution in [0.4, 0.5) is 5.82 Å². The first-order chi connectivity index (χ1) is 12.6. The fraction of sp³-hybridized carbons (Fsp3) is 0.182. The molecule has 0 spiro atoms. The Hall–Kier alpha value is -3.14. The highest BCUT2D eigenvalue weighted by Crippen LogP contribution is 2.29. The predicted octanol–water partition coefficient (Wildman–Crippen LogP) is 5.19. The van der Waals surface area contributed by atoms with Gasteiger partial charge in [0, 0.05) is 22.9 Å². The molecule has 0 aliphatic heterocycles. The number of aryl methyl sites for hydroxylation is 1. The zero-order chi connectivity index (χ0) is 18.1. The van der Waals surface area contributed by atoms with Gasteiger partial charge in [0.25, 0.3) is 0 Å². The van der Waals surface area contributed by atoms with Crippen LogP contribution in [0.1, 0.15) is 29.8 Å².